The first-order valence-corrected chi connectivity index (χ1v) is 11.5. The number of nitrogens with zero attached hydrogens (tertiary/aromatic N) is 4. The summed E-state index contributed by atoms with van der Waals surface area (Å²) in [7, 11) is 1.63. The number of ether oxygens (including phenoxy) is 1. The van der Waals surface area contributed by atoms with Crippen LogP contribution in [0.2, 0.25) is 0 Å². The molecule has 0 bridgehead atoms. The van der Waals surface area contributed by atoms with Crippen molar-refractivity contribution in [2.45, 2.75) is 19.4 Å². The van der Waals surface area contributed by atoms with Gasteiger partial charge in [0.2, 0.25) is 5.91 Å². The minimum atomic E-state index is -0.668. The number of halogens is 2. The fourth-order valence-electron chi connectivity index (χ4n) is 4.45. The van der Waals surface area contributed by atoms with Gasteiger partial charge < -0.3 is 15.0 Å². The van der Waals surface area contributed by atoms with E-state index in [1.165, 1.54) is 12.1 Å². The highest BCUT2D eigenvalue weighted by atomic mass is 19.1. The molecule has 0 radical (unpaired) electrons. The Morgan fingerprint density at radius 1 is 1.20 bits per heavy atom. The van der Waals surface area contributed by atoms with Gasteiger partial charge in [0.25, 0.3) is 0 Å². The number of rotatable bonds is 6. The molecule has 1 amide bonds. The first kappa shape index (κ1) is 22.8. The van der Waals surface area contributed by atoms with E-state index >= 15 is 0 Å². The average Bonchev–Trinajstić information content (AvgIpc) is 3.33. The number of hydrogen-bond acceptors (Lipinski definition) is 5. The minimum absolute atomic E-state index is 0.0157. The normalized spacial score (nSPS) is 15.9. The third-order valence-corrected chi connectivity index (χ3v) is 6.29. The number of anilines is 1. The van der Waals surface area contributed by atoms with Crippen molar-refractivity contribution in [2.24, 2.45) is 5.92 Å². The van der Waals surface area contributed by atoms with Crippen LogP contribution in [0, 0.1) is 17.6 Å². The van der Waals surface area contributed by atoms with E-state index in [0.717, 1.165) is 53.8 Å². The van der Waals surface area contributed by atoms with Gasteiger partial charge in [0, 0.05) is 49.2 Å². The summed E-state index contributed by atoms with van der Waals surface area (Å²) in [5, 5.41) is 7.50. The van der Waals surface area contributed by atoms with Crippen LogP contribution in [0.3, 0.4) is 0 Å². The Hall–Kier alpha value is -4.01. The van der Waals surface area contributed by atoms with Crippen LogP contribution in [-0.4, -0.2) is 40.7 Å². The SMILES string of the molecule is COc1cccc(-c2cc3c(N4CCCC(C(=O)NCc5ccc(F)cc5F)C4)nccn3n2)c1. The molecule has 4 aromatic rings. The number of amides is 1. The van der Waals surface area contributed by atoms with Crippen LogP contribution in [-0.2, 0) is 11.3 Å². The molecule has 1 saturated heterocycles. The maximum atomic E-state index is 13.9. The predicted molar refractivity (Wildman–Crippen MR) is 128 cm³/mol. The molecule has 2 aromatic carbocycles. The summed E-state index contributed by atoms with van der Waals surface area (Å²) >= 11 is 0. The van der Waals surface area contributed by atoms with Gasteiger partial charge >= 0.3 is 0 Å². The predicted octanol–water partition coefficient (Wildman–Crippen LogP) is 4.22. The van der Waals surface area contributed by atoms with Crippen molar-refractivity contribution >= 4 is 17.2 Å². The van der Waals surface area contributed by atoms with Crippen LogP contribution in [0.1, 0.15) is 18.4 Å². The van der Waals surface area contributed by atoms with Gasteiger partial charge in [0.1, 0.15) is 22.9 Å². The van der Waals surface area contributed by atoms with Gasteiger partial charge in [-0.1, -0.05) is 18.2 Å². The lowest BCUT2D eigenvalue weighted by Crippen LogP contribution is -2.43. The summed E-state index contributed by atoms with van der Waals surface area (Å²) in [5.41, 5.74) is 2.83. The molecular formula is C26H25F2N5O2. The zero-order chi connectivity index (χ0) is 24.4. The lowest BCUT2D eigenvalue weighted by molar-refractivity contribution is -0.125. The Bertz CT molecular complexity index is 1370. The van der Waals surface area contributed by atoms with Gasteiger partial charge in [-0.3, -0.25) is 4.79 Å². The number of carbonyl (C=O) groups is 1. The Balaban J connectivity index is 1.33. The molecule has 1 aliphatic heterocycles. The molecule has 1 N–H and O–H groups in total. The molecule has 1 fully saturated rings. The Kier molecular flexibility index (Phi) is 6.31. The molecule has 180 valence electrons. The first-order chi connectivity index (χ1) is 17.0. The number of hydrogen-bond donors (Lipinski definition) is 1. The van der Waals surface area contributed by atoms with Crippen LogP contribution in [0.5, 0.6) is 5.75 Å². The van der Waals surface area contributed by atoms with Crippen molar-refractivity contribution in [3.8, 4) is 17.0 Å². The van der Waals surface area contributed by atoms with Crippen molar-refractivity contribution in [1.29, 1.82) is 0 Å². The maximum Gasteiger partial charge on any atom is 0.225 e. The second-order valence-corrected chi connectivity index (χ2v) is 8.58. The third-order valence-electron chi connectivity index (χ3n) is 6.29. The van der Waals surface area contributed by atoms with E-state index in [9.17, 15) is 13.6 Å². The monoisotopic (exact) mass is 477 g/mol. The standard InChI is InChI=1S/C26H25F2N5O2/c1-35-21-6-2-4-17(12-21)23-14-24-25(29-9-11-33(24)31-23)32-10-3-5-19(16-32)26(34)30-15-18-7-8-20(27)13-22(18)28/h2,4,6-9,11-14,19H,3,5,10,15-16H2,1H3,(H,30,34). The number of fused-ring (bicyclic) bond motifs is 1. The summed E-state index contributed by atoms with van der Waals surface area (Å²) in [4.78, 5) is 19.6. The fourth-order valence-corrected chi connectivity index (χ4v) is 4.45. The third kappa shape index (κ3) is 4.80. The number of aromatic nitrogens is 3. The van der Waals surface area contributed by atoms with E-state index in [1.807, 2.05) is 30.3 Å². The molecule has 2 aromatic heterocycles. The van der Waals surface area contributed by atoms with Crippen LogP contribution in [0.4, 0.5) is 14.6 Å². The fraction of sp³-hybridized carbons (Fsp3) is 0.269. The van der Waals surface area contributed by atoms with Crippen molar-refractivity contribution in [3.05, 3.63) is 78.1 Å². The molecule has 35 heavy (non-hydrogen) atoms. The minimum Gasteiger partial charge on any atom is -0.497 e. The van der Waals surface area contributed by atoms with Crippen LogP contribution in [0.25, 0.3) is 16.8 Å². The Morgan fingerprint density at radius 3 is 2.91 bits per heavy atom. The summed E-state index contributed by atoms with van der Waals surface area (Å²) in [5.74, 6) is -0.221. The van der Waals surface area contributed by atoms with Gasteiger partial charge in [0.05, 0.1) is 18.7 Å². The molecule has 9 heteroatoms. The smallest absolute Gasteiger partial charge is 0.225 e. The highest BCUT2D eigenvalue weighted by Gasteiger charge is 2.28. The number of nitrogens with one attached hydrogen (secondary N) is 1. The van der Waals surface area contributed by atoms with Gasteiger partial charge in [-0.05, 0) is 37.1 Å². The maximum absolute atomic E-state index is 13.9. The van der Waals surface area contributed by atoms with Crippen molar-refractivity contribution < 1.29 is 18.3 Å². The van der Waals surface area contributed by atoms with E-state index in [0.29, 0.717) is 6.54 Å². The summed E-state index contributed by atoms with van der Waals surface area (Å²) in [6.07, 6.45) is 5.05. The molecule has 1 unspecified atom stereocenters. The molecular weight excluding hydrogens is 452 g/mol. The molecule has 3 heterocycles. The number of carbonyl (C=O) groups excluding carboxylic acids is 1. The summed E-state index contributed by atoms with van der Waals surface area (Å²) in [6, 6.07) is 13.0. The zero-order valence-electron chi connectivity index (χ0n) is 19.2. The Labute approximate surface area is 201 Å². The van der Waals surface area contributed by atoms with Gasteiger partial charge in [-0.2, -0.15) is 5.10 Å². The molecule has 5 rings (SSSR count). The second-order valence-electron chi connectivity index (χ2n) is 8.58. The summed E-state index contributed by atoms with van der Waals surface area (Å²) < 4.78 is 34.2. The van der Waals surface area contributed by atoms with Gasteiger partial charge in [0.15, 0.2) is 5.82 Å². The van der Waals surface area contributed by atoms with Crippen LogP contribution < -0.4 is 15.0 Å². The summed E-state index contributed by atoms with van der Waals surface area (Å²) in [6.45, 7) is 1.27. The van der Waals surface area contributed by atoms with E-state index in [4.69, 9.17) is 9.84 Å². The van der Waals surface area contributed by atoms with Crippen LogP contribution in [0.15, 0.2) is 60.9 Å². The zero-order valence-corrected chi connectivity index (χ0v) is 19.2. The number of piperidine rings is 1. The quantitative estimate of drug-likeness (QED) is 0.450. The van der Waals surface area contributed by atoms with Crippen molar-refractivity contribution in [2.75, 3.05) is 25.1 Å². The first-order valence-electron chi connectivity index (χ1n) is 11.5. The number of methoxy groups -OCH3 is 1. The molecule has 0 saturated carbocycles. The van der Waals surface area contributed by atoms with Gasteiger partial charge in [-0.15, -0.1) is 0 Å². The van der Waals surface area contributed by atoms with Crippen molar-refractivity contribution in [1.82, 2.24) is 19.9 Å². The van der Waals surface area contributed by atoms with E-state index in [-0.39, 0.29) is 23.9 Å². The van der Waals surface area contributed by atoms with Crippen molar-refractivity contribution in [3.63, 3.8) is 0 Å². The highest BCUT2D eigenvalue weighted by Crippen LogP contribution is 2.29. The molecule has 0 spiro atoms. The topological polar surface area (TPSA) is 71.8 Å². The largest absolute Gasteiger partial charge is 0.497 e. The van der Waals surface area contributed by atoms with Crippen LogP contribution >= 0.6 is 0 Å². The lowest BCUT2D eigenvalue weighted by atomic mass is 9.97. The second kappa shape index (κ2) is 9.69. The molecule has 7 nitrogen and oxygen atoms in total. The number of benzene rings is 2. The molecule has 1 atom stereocenters. The van der Waals surface area contributed by atoms with Gasteiger partial charge in [-0.25, -0.2) is 18.3 Å². The average molecular weight is 478 g/mol. The van der Waals surface area contributed by atoms with E-state index < -0.39 is 11.6 Å². The Morgan fingerprint density at radius 2 is 2.09 bits per heavy atom. The van der Waals surface area contributed by atoms with E-state index in [1.54, 1.807) is 24.0 Å². The highest BCUT2D eigenvalue weighted by molar-refractivity contribution is 5.81. The van der Waals surface area contributed by atoms with E-state index in [2.05, 4.69) is 15.2 Å². The molecule has 1 aliphatic rings. The lowest BCUT2D eigenvalue weighted by Gasteiger charge is -2.33. The molecule has 0 aliphatic carbocycles.